The zero-order chi connectivity index (χ0) is 30.3. The van der Waals surface area contributed by atoms with Gasteiger partial charge in [0, 0.05) is 32.6 Å². The maximum Gasteiger partial charge on any atom is 0.294 e. The highest BCUT2D eigenvalue weighted by Crippen LogP contribution is 2.27. The fraction of sp³-hybridized carbons (Fsp3) is 0.242. The first-order valence-electron chi connectivity index (χ1n) is 14.2. The molecule has 0 aromatic heterocycles. The summed E-state index contributed by atoms with van der Waals surface area (Å²) < 4.78 is 0. The van der Waals surface area contributed by atoms with Gasteiger partial charge in [-0.3, -0.25) is 19.7 Å². The highest BCUT2D eigenvalue weighted by Gasteiger charge is 2.35. The Morgan fingerprint density at radius 1 is 1.00 bits per heavy atom. The molecule has 3 N–H and O–H groups in total. The van der Waals surface area contributed by atoms with Gasteiger partial charge in [-0.1, -0.05) is 84.9 Å². The summed E-state index contributed by atoms with van der Waals surface area (Å²) in [7, 11) is 1.73. The number of hydrogen-bond acceptors (Lipinski definition) is 5. The Hall–Kier alpha value is -5.25. The van der Waals surface area contributed by atoms with Gasteiger partial charge >= 0.3 is 0 Å². The monoisotopic (exact) mass is 578 g/mol. The zero-order valence-electron chi connectivity index (χ0n) is 23.9. The van der Waals surface area contributed by atoms with Crippen LogP contribution in [0.15, 0.2) is 102 Å². The number of aliphatic imine (C=N–C) groups is 1. The van der Waals surface area contributed by atoms with Gasteiger partial charge in [0.15, 0.2) is 5.96 Å². The molecular weight excluding hydrogens is 544 g/mol. The molecule has 0 saturated carbocycles. The Bertz CT molecular complexity index is 1660. The topological polar surface area (TPSA) is 134 Å². The minimum absolute atomic E-state index is 0.0190. The maximum atomic E-state index is 13.8. The summed E-state index contributed by atoms with van der Waals surface area (Å²) in [6, 6.07) is 28.3. The van der Waals surface area contributed by atoms with Crippen LogP contribution < -0.4 is 11.1 Å². The van der Waals surface area contributed by atoms with E-state index in [9.17, 15) is 19.7 Å². The first-order chi connectivity index (χ1) is 20.8. The lowest BCUT2D eigenvalue weighted by Crippen LogP contribution is -2.54. The molecule has 4 aromatic rings. The molecule has 5 rings (SSSR count). The lowest BCUT2D eigenvalue weighted by atomic mass is 10.00. The summed E-state index contributed by atoms with van der Waals surface area (Å²) in [5, 5.41) is 16.6. The lowest BCUT2D eigenvalue weighted by Gasteiger charge is -2.29. The van der Waals surface area contributed by atoms with Crippen molar-refractivity contribution in [2.45, 2.75) is 37.9 Å². The van der Waals surface area contributed by atoms with Crippen LogP contribution in [0.25, 0.3) is 10.8 Å². The lowest BCUT2D eigenvalue weighted by molar-refractivity contribution is -0.384. The van der Waals surface area contributed by atoms with E-state index in [1.54, 1.807) is 29.0 Å². The van der Waals surface area contributed by atoms with Crippen molar-refractivity contribution in [1.82, 2.24) is 15.1 Å². The second kappa shape index (κ2) is 13.2. The number of nitrogens with one attached hydrogen (secondary N) is 1. The number of para-hydroxylation sites is 2. The van der Waals surface area contributed by atoms with Gasteiger partial charge in [0.1, 0.15) is 17.8 Å². The van der Waals surface area contributed by atoms with E-state index in [2.05, 4.69) is 10.3 Å². The molecule has 0 radical (unpaired) electrons. The number of nitro groups is 1. The van der Waals surface area contributed by atoms with E-state index in [4.69, 9.17) is 5.73 Å². The Morgan fingerprint density at radius 3 is 2.47 bits per heavy atom. The van der Waals surface area contributed by atoms with Crippen LogP contribution in [0.3, 0.4) is 0 Å². The van der Waals surface area contributed by atoms with Gasteiger partial charge < -0.3 is 20.9 Å². The minimum Gasteiger partial charge on any atom is -0.369 e. The molecule has 10 nitrogen and oxygen atoms in total. The van der Waals surface area contributed by atoms with Crippen molar-refractivity contribution >= 4 is 39.9 Å². The summed E-state index contributed by atoms with van der Waals surface area (Å²) >= 11 is 0. The van der Waals surface area contributed by atoms with Crippen LogP contribution in [-0.4, -0.2) is 58.2 Å². The van der Waals surface area contributed by atoms with Crippen LogP contribution in [-0.2, 0) is 22.6 Å². The number of hydrogen-bond donors (Lipinski definition) is 2. The van der Waals surface area contributed by atoms with E-state index >= 15 is 0 Å². The summed E-state index contributed by atoms with van der Waals surface area (Å²) in [5.41, 5.74) is 8.15. The molecule has 2 atom stereocenters. The molecule has 220 valence electrons. The largest absolute Gasteiger partial charge is 0.369 e. The van der Waals surface area contributed by atoms with E-state index in [0.717, 1.165) is 21.9 Å². The number of likely N-dealkylation sites (N-methyl/N-ethyl adjacent to an activating group) is 1. The quantitative estimate of drug-likeness (QED) is 0.130. The number of guanidine groups is 1. The SMILES string of the molecule is CN(Cc1ccccc1)C(=O)C(Cc1ccc2ccccc2c1)NC(=O)C1CCCN1C(N)=Nc1ccccc1[N+](=O)[O-]. The standard InChI is InChI=1S/C33H34N6O4/c1-37(22-23-10-3-2-4-11-23)32(41)28(21-24-17-18-25-12-5-6-13-26(25)20-24)35-31(40)30-16-9-19-38(30)33(34)36-27-14-7-8-15-29(27)39(42)43/h2-8,10-15,17-18,20,28,30H,9,16,19,21-22H2,1H3,(H2,34,36)(H,35,40). The molecular formula is C33H34N6O4. The van der Waals surface area contributed by atoms with Gasteiger partial charge in [-0.15, -0.1) is 0 Å². The number of carbonyl (C=O) groups is 2. The van der Waals surface area contributed by atoms with Crippen molar-refractivity contribution < 1.29 is 14.5 Å². The molecule has 0 aliphatic carbocycles. The number of nitro benzene ring substituents is 1. The van der Waals surface area contributed by atoms with Gasteiger partial charge in [-0.05, 0) is 40.8 Å². The number of rotatable bonds is 9. The van der Waals surface area contributed by atoms with E-state index in [1.165, 1.54) is 12.1 Å². The van der Waals surface area contributed by atoms with Crippen molar-refractivity contribution in [3.8, 4) is 0 Å². The van der Waals surface area contributed by atoms with Crippen LogP contribution in [0.1, 0.15) is 24.0 Å². The second-order valence-corrected chi connectivity index (χ2v) is 10.7. The summed E-state index contributed by atoms with van der Waals surface area (Å²) in [6.07, 6.45) is 1.50. The average Bonchev–Trinajstić information content (AvgIpc) is 3.52. The third kappa shape index (κ3) is 6.98. The average molecular weight is 579 g/mol. The molecule has 1 aliphatic rings. The Labute approximate surface area is 250 Å². The molecule has 0 spiro atoms. The van der Waals surface area contributed by atoms with Gasteiger partial charge in [-0.2, -0.15) is 0 Å². The van der Waals surface area contributed by atoms with Gasteiger partial charge in [-0.25, -0.2) is 4.99 Å². The van der Waals surface area contributed by atoms with Crippen LogP contribution in [0, 0.1) is 10.1 Å². The number of nitrogens with two attached hydrogens (primary N) is 1. The number of amides is 2. The molecule has 43 heavy (non-hydrogen) atoms. The normalized spacial score (nSPS) is 15.7. The molecule has 1 heterocycles. The minimum atomic E-state index is -0.821. The number of benzene rings is 4. The van der Waals surface area contributed by atoms with E-state index in [-0.39, 0.29) is 29.1 Å². The highest BCUT2D eigenvalue weighted by atomic mass is 16.6. The molecule has 1 saturated heterocycles. The Balaban J connectivity index is 1.38. The summed E-state index contributed by atoms with van der Waals surface area (Å²) in [5.74, 6) is -0.535. The highest BCUT2D eigenvalue weighted by molar-refractivity contribution is 5.94. The van der Waals surface area contributed by atoms with E-state index < -0.39 is 17.0 Å². The molecule has 1 fully saturated rings. The molecule has 10 heteroatoms. The smallest absolute Gasteiger partial charge is 0.294 e. The molecule has 0 bridgehead atoms. The van der Waals surface area contributed by atoms with E-state index in [0.29, 0.717) is 32.4 Å². The first kappa shape index (κ1) is 29.2. The fourth-order valence-corrected chi connectivity index (χ4v) is 5.48. The number of nitrogens with zero attached hydrogens (tertiary/aromatic N) is 4. The van der Waals surface area contributed by atoms with Crippen LogP contribution in [0.4, 0.5) is 11.4 Å². The van der Waals surface area contributed by atoms with Crippen LogP contribution in [0.5, 0.6) is 0 Å². The third-order valence-electron chi connectivity index (χ3n) is 7.67. The predicted octanol–water partition coefficient (Wildman–Crippen LogP) is 4.54. The van der Waals surface area contributed by atoms with Crippen molar-refractivity contribution in [3.63, 3.8) is 0 Å². The van der Waals surface area contributed by atoms with Gasteiger partial charge in [0.25, 0.3) is 5.69 Å². The van der Waals surface area contributed by atoms with Crippen LogP contribution in [0.2, 0.25) is 0 Å². The van der Waals surface area contributed by atoms with Crippen molar-refractivity contribution in [2.24, 2.45) is 10.7 Å². The Morgan fingerprint density at radius 2 is 1.70 bits per heavy atom. The van der Waals surface area contributed by atoms with Crippen molar-refractivity contribution in [1.29, 1.82) is 0 Å². The molecule has 1 aliphatic heterocycles. The van der Waals surface area contributed by atoms with Crippen molar-refractivity contribution in [2.75, 3.05) is 13.6 Å². The van der Waals surface area contributed by atoms with Crippen LogP contribution >= 0.6 is 0 Å². The molecule has 2 amide bonds. The van der Waals surface area contributed by atoms with Gasteiger partial charge in [0.2, 0.25) is 11.8 Å². The van der Waals surface area contributed by atoms with Gasteiger partial charge in [0.05, 0.1) is 4.92 Å². The third-order valence-corrected chi connectivity index (χ3v) is 7.67. The number of likely N-dealkylation sites (tertiary alicyclic amines) is 1. The first-order valence-corrected chi connectivity index (χ1v) is 14.2. The second-order valence-electron chi connectivity index (χ2n) is 10.7. The predicted molar refractivity (Wildman–Crippen MR) is 167 cm³/mol. The fourth-order valence-electron chi connectivity index (χ4n) is 5.48. The number of carbonyl (C=O) groups excluding carboxylic acids is 2. The zero-order valence-corrected chi connectivity index (χ0v) is 23.9. The van der Waals surface area contributed by atoms with E-state index in [1.807, 2.05) is 72.8 Å². The Kier molecular flexibility index (Phi) is 8.95. The van der Waals surface area contributed by atoms with Crippen molar-refractivity contribution in [3.05, 3.63) is 118 Å². The summed E-state index contributed by atoms with van der Waals surface area (Å²) in [4.78, 5) is 46.1. The molecule has 2 unspecified atom stereocenters. The maximum absolute atomic E-state index is 13.8. The molecule has 4 aromatic carbocycles. The summed E-state index contributed by atoms with van der Waals surface area (Å²) in [6.45, 7) is 0.861. The number of fused-ring (bicyclic) bond motifs is 1.